The number of ether oxygens (including phenoxy) is 1. The number of sulfonamides is 1. The van der Waals surface area contributed by atoms with E-state index in [0.29, 0.717) is 29.5 Å². The highest BCUT2D eigenvalue weighted by Crippen LogP contribution is 2.28. The summed E-state index contributed by atoms with van der Waals surface area (Å²) in [4.78, 5) is 12.5. The summed E-state index contributed by atoms with van der Waals surface area (Å²) >= 11 is 6.03. The van der Waals surface area contributed by atoms with Gasteiger partial charge in [0.2, 0.25) is 15.9 Å². The fourth-order valence-electron chi connectivity index (χ4n) is 2.76. The third-order valence-electron chi connectivity index (χ3n) is 4.15. The van der Waals surface area contributed by atoms with E-state index in [2.05, 4.69) is 5.32 Å². The van der Waals surface area contributed by atoms with E-state index in [1.165, 1.54) is 0 Å². The summed E-state index contributed by atoms with van der Waals surface area (Å²) < 4.78 is 31.3. The second-order valence-corrected chi connectivity index (χ2v) is 8.79. The van der Waals surface area contributed by atoms with Crippen LogP contribution in [-0.2, 0) is 26.2 Å². The summed E-state index contributed by atoms with van der Waals surface area (Å²) in [6.45, 7) is 4.36. The highest BCUT2D eigenvalue weighted by Gasteiger charge is 2.30. The number of rotatable bonds is 9. The van der Waals surface area contributed by atoms with Crippen LogP contribution in [-0.4, -0.2) is 39.8 Å². The molecule has 0 aliphatic carbocycles. The van der Waals surface area contributed by atoms with Crippen molar-refractivity contribution in [1.82, 2.24) is 5.32 Å². The molecule has 0 heterocycles. The van der Waals surface area contributed by atoms with Gasteiger partial charge in [0.05, 0.1) is 25.2 Å². The maximum Gasteiger partial charge on any atom is 0.243 e. The van der Waals surface area contributed by atoms with Crippen LogP contribution in [0, 0.1) is 6.92 Å². The lowest BCUT2D eigenvalue weighted by molar-refractivity contribution is -0.122. The zero-order valence-corrected chi connectivity index (χ0v) is 17.8. The first-order valence-electron chi connectivity index (χ1n) is 8.85. The van der Waals surface area contributed by atoms with Crippen LogP contribution in [0.4, 0.5) is 5.69 Å². The number of halogens is 1. The number of carbonyl (C=O) groups excluding carboxylic acids is 1. The van der Waals surface area contributed by atoms with Gasteiger partial charge in [-0.3, -0.25) is 9.10 Å². The van der Waals surface area contributed by atoms with Gasteiger partial charge in [-0.2, -0.15) is 0 Å². The van der Waals surface area contributed by atoms with Crippen molar-refractivity contribution in [3.8, 4) is 0 Å². The number of benzene rings is 2. The highest BCUT2D eigenvalue weighted by atomic mass is 35.5. The van der Waals surface area contributed by atoms with Crippen molar-refractivity contribution in [3.63, 3.8) is 0 Å². The number of aryl methyl sites for hydroxylation is 1. The first-order chi connectivity index (χ1) is 13.2. The van der Waals surface area contributed by atoms with Gasteiger partial charge in [-0.25, -0.2) is 8.42 Å². The Hall–Kier alpha value is -2.09. The smallest absolute Gasteiger partial charge is 0.243 e. The molecule has 0 aliphatic rings. The number of anilines is 1. The number of hydrogen-bond acceptors (Lipinski definition) is 4. The monoisotopic (exact) mass is 424 g/mol. The lowest BCUT2D eigenvalue weighted by atomic mass is 10.2. The van der Waals surface area contributed by atoms with E-state index >= 15 is 0 Å². The van der Waals surface area contributed by atoms with Crippen LogP contribution in [0.1, 0.15) is 18.1 Å². The van der Waals surface area contributed by atoms with Crippen LogP contribution in [0.3, 0.4) is 0 Å². The van der Waals surface area contributed by atoms with Crippen molar-refractivity contribution >= 4 is 33.2 Å². The average Bonchev–Trinajstić information content (AvgIpc) is 2.64. The Morgan fingerprint density at radius 3 is 2.54 bits per heavy atom. The summed E-state index contributed by atoms with van der Waals surface area (Å²) in [6, 6.07) is 13.7. The lowest BCUT2D eigenvalue weighted by Gasteiger charge is -2.29. The molecule has 0 fully saturated rings. The molecular weight excluding hydrogens is 400 g/mol. The molecule has 0 spiro atoms. The van der Waals surface area contributed by atoms with Gasteiger partial charge in [0.1, 0.15) is 6.04 Å². The van der Waals surface area contributed by atoms with Crippen LogP contribution < -0.4 is 9.62 Å². The van der Waals surface area contributed by atoms with Gasteiger partial charge in [-0.05, 0) is 37.1 Å². The molecule has 0 radical (unpaired) electrons. The number of carbonyl (C=O) groups is 1. The van der Waals surface area contributed by atoms with Gasteiger partial charge in [0.15, 0.2) is 0 Å². The maximum absolute atomic E-state index is 12.5. The predicted molar refractivity (Wildman–Crippen MR) is 112 cm³/mol. The van der Waals surface area contributed by atoms with Crippen molar-refractivity contribution in [2.24, 2.45) is 0 Å². The normalized spacial score (nSPS) is 12.4. The molecule has 6 nitrogen and oxygen atoms in total. The van der Waals surface area contributed by atoms with Crippen molar-refractivity contribution in [2.75, 3.05) is 23.7 Å². The first-order valence-corrected chi connectivity index (χ1v) is 11.1. The molecule has 0 saturated carbocycles. The van der Waals surface area contributed by atoms with Gasteiger partial charge in [0.25, 0.3) is 0 Å². The van der Waals surface area contributed by atoms with Gasteiger partial charge in [0, 0.05) is 11.6 Å². The van der Waals surface area contributed by atoms with E-state index in [0.717, 1.165) is 16.1 Å². The first kappa shape index (κ1) is 22.2. The quantitative estimate of drug-likeness (QED) is 0.627. The fourth-order valence-corrected chi connectivity index (χ4v) is 4.15. The molecule has 1 N–H and O–H groups in total. The van der Waals surface area contributed by atoms with Gasteiger partial charge < -0.3 is 10.1 Å². The Balaban J connectivity index is 1.97. The van der Waals surface area contributed by atoms with Crippen LogP contribution >= 0.6 is 11.6 Å². The summed E-state index contributed by atoms with van der Waals surface area (Å²) in [5.74, 6) is -0.409. The minimum absolute atomic E-state index is 0.280. The van der Waals surface area contributed by atoms with E-state index in [9.17, 15) is 13.2 Å². The Kier molecular flexibility index (Phi) is 7.86. The average molecular weight is 425 g/mol. The van der Waals surface area contributed by atoms with E-state index in [-0.39, 0.29) is 6.54 Å². The Morgan fingerprint density at radius 1 is 1.21 bits per heavy atom. The fraction of sp³-hybridized carbons (Fsp3) is 0.350. The summed E-state index contributed by atoms with van der Waals surface area (Å²) in [6.07, 6.45) is 1.07. The molecule has 1 atom stereocenters. The van der Waals surface area contributed by atoms with Crippen molar-refractivity contribution < 1.29 is 17.9 Å². The van der Waals surface area contributed by atoms with Gasteiger partial charge >= 0.3 is 0 Å². The number of hydrogen-bond donors (Lipinski definition) is 1. The van der Waals surface area contributed by atoms with E-state index in [1.54, 1.807) is 32.0 Å². The molecule has 2 aromatic carbocycles. The second kappa shape index (κ2) is 9.91. The van der Waals surface area contributed by atoms with Crippen LogP contribution in [0.2, 0.25) is 5.02 Å². The molecule has 0 bridgehead atoms. The lowest BCUT2D eigenvalue weighted by Crippen LogP contribution is -2.48. The second-order valence-electron chi connectivity index (χ2n) is 6.49. The zero-order chi connectivity index (χ0) is 20.7. The van der Waals surface area contributed by atoms with Crippen molar-refractivity contribution in [2.45, 2.75) is 26.5 Å². The molecule has 2 aromatic rings. The minimum Gasteiger partial charge on any atom is -0.375 e. The number of nitrogens with one attached hydrogen (secondary N) is 1. The number of nitrogens with zero attached hydrogens (tertiary/aromatic N) is 1. The molecule has 8 heteroatoms. The highest BCUT2D eigenvalue weighted by molar-refractivity contribution is 7.92. The Labute approximate surface area is 171 Å². The van der Waals surface area contributed by atoms with Crippen LogP contribution in [0.15, 0.2) is 48.5 Å². The standard InChI is InChI=1S/C20H25ClN2O4S/c1-15-9-10-18(21)13-19(15)23(28(3,25)26)16(2)20(24)22-11-12-27-14-17-7-5-4-6-8-17/h4-10,13,16H,11-12,14H2,1-3H3,(H,22,24). The van der Waals surface area contributed by atoms with E-state index < -0.39 is 22.0 Å². The minimum atomic E-state index is -3.69. The Bertz CT molecular complexity index is 904. The summed E-state index contributed by atoms with van der Waals surface area (Å²) in [7, 11) is -3.69. The van der Waals surface area contributed by atoms with Crippen LogP contribution in [0.5, 0.6) is 0 Å². The summed E-state index contributed by atoms with van der Waals surface area (Å²) in [5, 5.41) is 3.12. The SMILES string of the molecule is Cc1ccc(Cl)cc1N(C(C)C(=O)NCCOCc1ccccc1)S(C)(=O)=O. The zero-order valence-electron chi connectivity index (χ0n) is 16.2. The predicted octanol–water partition coefficient (Wildman–Crippen LogP) is 3.14. The molecule has 1 unspecified atom stereocenters. The van der Waals surface area contributed by atoms with E-state index in [4.69, 9.17) is 16.3 Å². The third-order valence-corrected chi connectivity index (χ3v) is 5.62. The molecule has 2 rings (SSSR count). The molecule has 152 valence electrons. The van der Waals surface area contributed by atoms with Crippen LogP contribution in [0.25, 0.3) is 0 Å². The molecule has 0 aliphatic heterocycles. The molecule has 0 aromatic heterocycles. The van der Waals surface area contributed by atoms with Gasteiger partial charge in [-0.1, -0.05) is 48.0 Å². The van der Waals surface area contributed by atoms with Crippen molar-refractivity contribution in [3.05, 3.63) is 64.7 Å². The molecule has 0 saturated heterocycles. The van der Waals surface area contributed by atoms with Gasteiger partial charge in [-0.15, -0.1) is 0 Å². The maximum atomic E-state index is 12.5. The Morgan fingerprint density at radius 2 is 1.89 bits per heavy atom. The van der Waals surface area contributed by atoms with Crippen molar-refractivity contribution in [1.29, 1.82) is 0 Å². The largest absolute Gasteiger partial charge is 0.375 e. The molecule has 28 heavy (non-hydrogen) atoms. The molecule has 1 amide bonds. The van der Waals surface area contributed by atoms with E-state index in [1.807, 2.05) is 30.3 Å². The number of amides is 1. The summed E-state index contributed by atoms with van der Waals surface area (Å²) in [5.41, 5.74) is 2.14. The molecular formula is C20H25ClN2O4S. The third kappa shape index (κ3) is 6.22. The topological polar surface area (TPSA) is 75.7 Å².